The fourth-order valence-corrected chi connectivity index (χ4v) is 3.90. The maximum Gasteiger partial charge on any atom is 0.242 e. The first-order chi connectivity index (χ1) is 16.4. The molecule has 178 valence electrons. The lowest BCUT2D eigenvalue weighted by Gasteiger charge is -2.31. The quantitative estimate of drug-likeness (QED) is 0.470. The van der Waals surface area contributed by atoms with E-state index in [1.54, 1.807) is 50.4 Å². The van der Waals surface area contributed by atoms with E-state index >= 15 is 0 Å². The first-order valence-corrected chi connectivity index (χ1v) is 11.3. The first-order valence-electron chi connectivity index (χ1n) is 11.0. The number of methoxy groups -OCH3 is 2. The fourth-order valence-electron chi connectivity index (χ4n) is 3.77. The lowest BCUT2D eigenvalue weighted by molar-refractivity contribution is -0.140. The Morgan fingerprint density at radius 1 is 0.882 bits per heavy atom. The Kier molecular flexibility index (Phi) is 8.93. The summed E-state index contributed by atoms with van der Waals surface area (Å²) in [4.78, 5) is 28.2. The minimum atomic E-state index is -0.685. The third kappa shape index (κ3) is 6.51. The zero-order valence-electron chi connectivity index (χ0n) is 19.6. The van der Waals surface area contributed by atoms with Crippen LogP contribution in [0.4, 0.5) is 0 Å². The molecular weight excluding hydrogens is 452 g/mol. The average molecular weight is 481 g/mol. The summed E-state index contributed by atoms with van der Waals surface area (Å²) in [5.41, 5.74) is 2.61. The molecule has 0 fully saturated rings. The number of hydrogen-bond donors (Lipinski definition) is 1. The SMILES string of the molecule is CNC(=O)C(Cc1ccccc1)N(Cc1ccc(Cl)cc1)C(=O)Cc1ccc(OC)c(OC)c1. The minimum Gasteiger partial charge on any atom is -0.493 e. The van der Waals surface area contributed by atoms with Crippen LogP contribution in [0.1, 0.15) is 16.7 Å². The molecule has 0 radical (unpaired) electrons. The van der Waals surface area contributed by atoms with Gasteiger partial charge < -0.3 is 19.7 Å². The highest BCUT2D eigenvalue weighted by Crippen LogP contribution is 2.28. The Balaban J connectivity index is 1.94. The van der Waals surface area contributed by atoms with Gasteiger partial charge in [0.15, 0.2) is 11.5 Å². The molecule has 1 unspecified atom stereocenters. The van der Waals surface area contributed by atoms with E-state index in [9.17, 15) is 9.59 Å². The van der Waals surface area contributed by atoms with Crippen LogP contribution in [0, 0.1) is 0 Å². The van der Waals surface area contributed by atoms with E-state index in [0.717, 1.165) is 16.7 Å². The second-order valence-electron chi connectivity index (χ2n) is 7.83. The van der Waals surface area contributed by atoms with E-state index in [1.807, 2.05) is 48.5 Å². The summed E-state index contributed by atoms with van der Waals surface area (Å²) in [6, 6.07) is 21.6. The van der Waals surface area contributed by atoms with E-state index in [2.05, 4.69) is 5.32 Å². The highest BCUT2D eigenvalue weighted by molar-refractivity contribution is 6.30. The van der Waals surface area contributed by atoms with Crippen molar-refractivity contribution in [3.05, 3.63) is 94.5 Å². The van der Waals surface area contributed by atoms with Crippen molar-refractivity contribution in [1.82, 2.24) is 10.2 Å². The van der Waals surface area contributed by atoms with Crippen molar-refractivity contribution in [3.63, 3.8) is 0 Å². The Morgan fingerprint density at radius 3 is 2.15 bits per heavy atom. The van der Waals surface area contributed by atoms with Gasteiger partial charge in [0.25, 0.3) is 0 Å². The van der Waals surface area contributed by atoms with Crippen LogP contribution in [0.5, 0.6) is 11.5 Å². The van der Waals surface area contributed by atoms with Gasteiger partial charge in [-0.25, -0.2) is 0 Å². The number of ether oxygens (including phenoxy) is 2. The summed E-state index contributed by atoms with van der Waals surface area (Å²) >= 11 is 6.05. The molecule has 0 saturated heterocycles. The molecule has 6 nitrogen and oxygen atoms in total. The van der Waals surface area contributed by atoms with Gasteiger partial charge in [-0.3, -0.25) is 9.59 Å². The molecule has 0 bridgehead atoms. The molecule has 0 saturated carbocycles. The zero-order chi connectivity index (χ0) is 24.5. The molecule has 0 aromatic heterocycles. The molecule has 34 heavy (non-hydrogen) atoms. The van der Waals surface area contributed by atoms with Crippen molar-refractivity contribution in [2.24, 2.45) is 0 Å². The second-order valence-corrected chi connectivity index (χ2v) is 8.27. The molecule has 1 atom stereocenters. The molecule has 0 heterocycles. The minimum absolute atomic E-state index is 0.107. The molecule has 2 amide bonds. The Labute approximate surface area is 205 Å². The van der Waals surface area contributed by atoms with E-state index in [1.165, 1.54) is 0 Å². The van der Waals surface area contributed by atoms with E-state index < -0.39 is 6.04 Å². The van der Waals surface area contributed by atoms with Gasteiger partial charge in [-0.05, 0) is 41.0 Å². The molecule has 0 aliphatic carbocycles. The molecule has 1 N–H and O–H groups in total. The number of nitrogens with one attached hydrogen (secondary N) is 1. The van der Waals surface area contributed by atoms with Crippen LogP contribution in [0.3, 0.4) is 0 Å². The average Bonchev–Trinajstić information content (AvgIpc) is 2.87. The number of likely N-dealkylation sites (N-methyl/N-ethyl adjacent to an activating group) is 1. The third-order valence-electron chi connectivity index (χ3n) is 5.59. The van der Waals surface area contributed by atoms with Crippen LogP contribution >= 0.6 is 11.6 Å². The highest BCUT2D eigenvalue weighted by atomic mass is 35.5. The second kappa shape index (κ2) is 12.1. The topological polar surface area (TPSA) is 67.9 Å². The summed E-state index contributed by atoms with van der Waals surface area (Å²) in [5, 5.41) is 3.33. The van der Waals surface area contributed by atoms with Crippen molar-refractivity contribution in [2.75, 3.05) is 21.3 Å². The van der Waals surface area contributed by atoms with Gasteiger partial charge >= 0.3 is 0 Å². The Morgan fingerprint density at radius 2 is 1.53 bits per heavy atom. The summed E-state index contributed by atoms with van der Waals surface area (Å²) in [6.07, 6.45) is 0.502. The number of hydrogen-bond acceptors (Lipinski definition) is 4. The van der Waals surface area contributed by atoms with Crippen LogP contribution in [-0.2, 0) is 29.0 Å². The molecule has 3 aromatic rings. The van der Waals surface area contributed by atoms with Crippen molar-refractivity contribution in [1.29, 1.82) is 0 Å². The largest absolute Gasteiger partial charge is 0.493 e. The summed E-state index contributed by atoms with van der Waals surface area (Å²) in [6.45, 7) is 0.272. The summed E-state index contributed by atoms with van der Waals surface area (Å²) in [7, 11) is 4.70. The van der Waals surface area contributed by atoms with Gasteiger partial charge in [0.05, 0.1) is 20.6 Å². The van der Waals surface area contributed by atoms with Crippen LogP contribution in [0.25, 0.3) is 0 Å². The maximum atomic E-state index is 13.6. The molecule has 0 aliphatic heterocycles. The van der Waals surface area contributed by atoms with E-state index in [-0.39, 0.29) is 24.8 Å². The molecule has 0 spiro atoms. The number of halogens is 1. The van der Waals surface area contributed by atoms with Crippen molar-refractivity contribution in [3.8, 4) is 11.5 Å². The molecular formula is C27H29ClN2O4. The number of rotatable bonds is 10. The van der Waals surface area contributed by atoms with E-state index in [4.69, 9.17) is 21.1 Å². The lowest BCUT2D eigenvalue weighted by Crippen LogP contribution is -2.50. The van der Waals surface area contributed by atoms with Crippen molar-refractivity contribution in [2.45, 2.75) is 25.4 Å². The molecule has 7 heteroatoms. The van der Waals surface area contributed by atoms with Crippen molar-refractivity contribution >= 4 is 23.4 Å². The van der Waals surface area contributed by atoms with Crippen LogP contribution < -0.4 is 14.8 Å². The zero-order valence-corrected chi connectivity index (χ0v) is 20.3. The highest BCUT2D eigenvalue weighted by Gasteiger charge is 2.30. The van der Waals surface area contributed by atoms with Gasteiger partial charge in [0.2, 0.25) is 11.8 Å². The number of carbonyl (C=O) groups excluding carboxylic acids is 2. The fraction of sp³-hybridized carbons (Fsp3) is 0.259. The summed E-state index contributed by atoms with van der Waals surface area (Å²) in [5.74, 6) is 0.735. The maximum absolute atomic E-state index is 13.6. The number of benzene rings is 3. The van der Waals surface area contributed by atoms with Gasteiger partial charge in [-0.2, -0.15) is 0 Å². The Bertz CT molecular complexity index is 1100. The van der Waals surface area contributed by atoms with Crippen molar-refractivity contribution < 1.29 is 19.1 Å². The van der Waals surface area contributed by atoms with Crippen LogP contribution in [0.2, 0.25) is 5.02 Å². The first kappa shape index (κ1) is 25.1. The van der Waals surface area contributed by atoms with Gasteiger partial charge in [0, 0.05) is 25.0 Å². The van der Waals surface area contributed by atoms with E-state index in [0.29, 0.717) is 22.9 Å². The van der Waals surface area contributed by atoms with Crippen LogP contribution in [-0.4, -0.2) is 44.0 Å². The number of nitrogens with zero attached hydrogens (tertiary/aromatic N) is 1. The lowest BCUT2D eigenvalue weighted by atomic mass is 10.0. The normalized spacial score (nSPS) is 11.4. The van der Waals surface area contributed by atoms with Gasteiger partial charge in [0.1, 0.15) is 6.04 Å². The monoisotopic (exact) mass is 480 g/mol. The third-order valence-corrected chi connectivity index (χ3v) is 5.84. The predicted molar refractivity (Wildman–Crippen MR) is 133 cm³/mol. The standard InChI is InChI=1S/C27H29ClN2O4/c1-29-27(32)23(15-19-7-5-4-6-8-19)30(18-20-9-12-22(28)13-10-20)26(31)17-21-11-14-24(33-2)25(16-21)34-3/h4-14,16,23H,15,17-18H2,1-3H3,(H,29,32). The number of amides is 2. The summed E-state index contributed by atoms with van der Waals surface area (Å²) < 4.78 is 10.7. The predicted octanol–water partition coefficient (Wildman–Crippen LogP) is 4.29. The smallest absolute Gasteiger partial charge is 0.242 e. The van der Waals surface area contributed by atoms with Gasteiger partial charge in [-0.15, -0.1) is 0 Å². The Hall–Kier alpha value is -3.51. The molecule has 3 rings (SSSR count). The van der Waals surface area contributed by atoms with Crippen LogP contribution in [0.15, 0.2) is 72.8 Å². The number of carbonyl (C=O) groups is 2. The molecule has 3 aromatic carbocycles. The van der Waals surface area contributed by atoms with Gasteiger partial charge in [-0.1, -0.05) is 60.1 Å². The molecule has 0 aliphatic rings.